The van der Waals surface area contributed by atoms with E-state index >= 15 is 0 Å². The Morgan fingerprint density at radius 2 is 1.00 bits per heavy atom. The molecule has 21 heavy (non-hydrogen) atoms. The Hall–Kier alpha value is -1.24. The Bertz CT molecular complexity index is 631. The maximum Gasteiger partial charge on any atom is 0.138 e. The van der Waals surface area contributed by atoms with Gasteiger partial charge in [0.05, 0.1) is 0 Å². The fraction of sp³-hybridized carbons (Fsp3) is 0.600. The number of furan rings is 1. The van der Waals surface area contributed by atoms with E-state index < -0.39 is 0 Å². The van der Waals surface area contributed by atoms with Crippen LogP contribution in [0.5, 0.6) is 0 Å². The molecule has 2 rings (SSSR count). The molecule has 0 saturated carbocycles. The Balaban J connectivity index is 3.01. The second-order valence-corrected chi connectivity index (χ2v) is 5.74. The highest BCUT2D eigenvalue weighted by molar-refractivity contribution is 5.91. The van der Waals surface area contributed by atoms with Crippen molar-refractivity contribution in [3.8, 4) is 0 Å². The molecular weight excluding hydrogens is 256 g/mol. The largest absolute Gasteiger partial charge is 0.460 e. The van der Waals surface area contributed by atoms with Gasteiger partial charge < -0.3 is 4.42 Å². The summed E-state index contributed by atoms with van der Waals surface area (Å²) in [5.41, 5.74) is 8.78. The third kappa shape index (κ3) is 2.41. The van der Waals surface area contributed by atoms with Crippen molar-refractivity contribution >= 4 is 11.0 Å². The zero-order valence-corrected chi connectivity index (χ0v) is 14.7. The second kappa shape index (κ2) is 6.68. The van der Waals surface area contributed by atoms with Crippen molar-refractivity contribution in [3.63, 3.8) is 0 Å². The molecule has 0 radical (unpaired) electrons. The number of hydrogen-bond acceptors (Lipinski definition) is 1. The summed E-state index contributed by atoms with van der Waals surface area (Å²) < 4.78 is 6.35. The maximum atomic E-state index is 6.35. The molecule has 1 aromatic heterocycles. The van der Waals surface area contributed by atoms with Crippen molar-refractivity contribution in [1.29, 1.82) is 0 Å². The summed E-state index contributed by atoms with van der Waals surface area (Å²) in [6.07, 6.45) is 6.47. The lowest BCUT2D eigenvalue weighted by molar-refractivity contribution is 0.547. The van der Waals surface area contributed by atoms with E-state index in [1.54, 1.807) is 16.7 Å². The third-order valence-electron chi connectivity index (χ3n) is 4.85. The van der Waals surface area contributed by atoms with Crippen LogP contribution in [-0.2, 0) is 38.5 Å². The minimum atomic E-state index is 0.993. The van der Waals surface area contributed by atoms with E-state index in [2.05, 4.69) is 41.5 Å². The van der Waals surface area contributed by atoms with Crippen molar-refractivity contribution in [3.05, 3.63) is 33.6 Å². The average Bonchev–Trinajstić information content (AvgIpc) is 2.90. The highest BCUT2D eigenvalue weighted by Gasteiger charge is 2.22. The highest BCUT2D eigenvalue weighted by Crippen LogP contribution is 2.38. The van der Waals surface area contributed by atoms with E-state index in [1.807, 2.05) is 0 Å². The van der Waals surface area contributed by atoms with Gasteiger partial charge in [-0.15, -0.1) is 0 Å². The van der Waals surface area contributed by atoms with Gasteiger partial charge in [0.15, 0.2) is 0 Å². The van der Waals surface area contributed by atoms with Crippen LogP contribution in [0.15, 0.2) is 4.42 Å². The number of fused-ring (bicyclic) bond motifs is 1. The molecule has 0 fully saturated rings. The molecular formula is C20H30O. The van der Waals surface area contributed by atoms with Gasteiger partial charge in [-0.3, -0.25) is 0 Å². The van der Waals surface area contributed by atoms with Gasteiger partial charge in [-0.2, -0.15) is 0 Å². The third-order valence-corrected chi connectivity index (χ3v) is 4.85. The topological polar surface area (TPSA) is 13.1 Å². The minimum absolute atomic E-state index is 0.993. The van der Waals surface area contributed by atoms with Gasteiger partial charge in [0, 0.05) is 17.4 Å². The first-order valence-electron chi connectivity index (χ1n) is 8.77. The normalized spacial score (nSPS) is 11.5. The molecule has 1 aromatic carbocycles. The van der Waals surface area contributed by atoms with Crippen LogP contribution in [0.2, 0.25) is 0 Å². The molecule has 1 heterocycles. The Morgan fingerprint density at radius 3 is 1.43 bits per heavy atom. The zero-order valence-electron chi connectivity index (χ0n) is 14.7. The zero-order chi connectivity index (χ0) is 15.6. The second-order valence-electron chi connectivity index (χ2n) is 5.74. The summed E-state index contributed by atoms with van der Waals surface area (Å²) in [5.74, 6) is 1.20. The van der Waals surface area contributed by atoms with Crippen LogP contribution in [0, 0.1) is 0 Å². The molecule has 2 aromatic rings. The monoisotopic (exact) mass is 286 g/mol. The Labute approximate surface area is 129 Å². The van der Waals surface area contributed by atoms with E-state index in [9.17, 15) is 0 Å². The molecule has 1 nitrogen and oxygen atoms in total. The van der Waals surface area contributed by atoms with Crippen LogP contribution in [0.25, 0.3) is 11.0 Å². The van der Waals surface area contributed by atoms with Crippen LogP contribution >= 0.6 is 0 Å². The summed E-state index contributed by atoms with van der Waals surface area (Å²) in [6.45, 7) is 13.6. The van der Waals surface area contributed by atoms with E-state index in [4.69, 9.17) is 4.42 Å². The standard InChI is InChI=1S/C20H30O/c1-7-13-14(8-2)16(10-4)20-19(15(13)9-3)17(11-5)18(12-6)21-20/h7-12H2,1-6H3. The highest BCUT2D eigenvalue weighted by atomic mass is 16.3. The van der Waals surface area contributed by atoms with Crippen LogP contribution in [-0.4, -0.2) is 0 Å². The minimum Gasteiger partial charge on any atom is -0.460 e. The molecule has 0 bridgehead atoms. The first-order valence-corrected chi connectivity index (χ1v) is 8.77. The molecule has 0 amide bonds. The number of rotatable bonds is 6. The fourth-order valence-electron chi connectivity index (χ4n) is 3.97. The van der Waals surface area contributed by atoms with Crippen LogP contribution in [0.4, 0.5) is 0 Å². The molecule has 0 N–H and O–H groups in total. The van der Waals surface area contributed by atoms with Gasteiger partial charge in [0.1, 0.15) is 11.3 Å². The number of hydrogen-bond donors (Lipinski definition) is 0. The van der Waals surface area contributed by atoms with E-state index in [0.29, 0.717) is 0 Å². The van der Waals surface area contributed by atoms with Crippen molar-refractivity contribution < 1.29 is 4.42 Å². The van der Waals surface area contributed by atoms with Gasteiger partial charge in [0.25, 0.3) is 0 Å². The fourth-order valence-corrected chi connectivity index (χ4v) is 3.97. The first kappa shape index (κ1) is 16.1. The molecule has 0 unspecified atom stereocenters. The van der Waals surface area contributed by atoms with Crippen molar-refractivity contribution in [2.45, 2.75) is 80.1 Å². The summed E-state index contributed by atoms with van der Waals surface area (Å²) in [4.78, 5) is 0. The molecule has 0 aliphatic rings. The lowest BCUT2D eigenvalue weighted by Gasteiger charge is -2.18. The maximum absolute atomic E-state index is 6.35. The summed E-state index contributed by atoms with van der Waals surface area (Å²) >= 11 is 0. The van der Waals surface area contributed by atoms with E-state index in [1.165, 1.54) is 27.9 Å². The molecule has 0 saturated heterocycles. The number of aryl methyl sites for hydroxylation is 4. The predicted molar refractivity (Wildman–Crippen MR) is 92.5 cm³/mol. The van der Waals surface area contributed by atoms with Gasteiger partial charge >= 0.3 is 0 Å². The predicted octanol–water partition coefficient (Wildman–Crippen LogP) is 5.81. The lowest BCUT2D eigenvalue weighted by Crippen LogP contribution is -2.04. The van der Waals surface area contributed by atoms with Gasteiger partial charge in [-0.1, -0.05) is 41.5 Å². The van der Waals surface area contributed by atoms with Crippen LogP contribution in [0.3, 0.4) is 0 Å². The average molecular weight is 286 g/mol. The SMILES string of the molecule is CCc1oc2c(CC)c(CC)c(CC)c(CC)c2c1CC. The summed E-state index contributed by atoms with van der Waals surface area (Å²) in [7, 11) is 0. The van der Waals surface area contributed by atoms with E-state index in [-0.39, 0.29) is 0 Å². The van der Waals surface area contributed by atoms with Crippen molar-refractivity contribution in [2.24, 2.45) is 0 Å². The van der Waals surface area contributed by atoms with Crippen molar-refractivity contribution in [1.82, 2.24) is 0 Å². The van der Waals surface area contributed by atoms with E-state index in [0.717, 1.165) is 38.5 Å². The van der Waals surface area contributed by atoms with Crippen molar-refractivity contribution in [2.75, 3.05) is 0 Å². The van der Waals surface area contributed by atoms with Gasteiger partial charge in [-0.25, -0.2) is 0 Å². The van der Waals surface area contributed by atoms with Crippen LogP contribution < -0.4 is 0 Å². The smallest absolute Gasteiger partial charge is 0.138 e. The lowest BCUT2D eigenvalue weighted by atomic mass is 9.86. The molecule has 0 atom stereocenters. The summed E-state index contributed by atoms with van der Waals surface area (Å²) in [6, 6.07) is 0. The molecule has 0 aliphatic heterocycles. The molecule has 116 valence electrons. The summed E-state index contributed by atoms with van der Waals surface area (Å²) in [5, 5.41) is 1.45. The Morgan fingerprint density at radius 1 is 0.524 bits per heavy atom. The molecule has 0 aliphatic carbocycles. The van der Waals surface area contributed by atoms with Crippen LogP contribution in [0.1, 0.15) is 75.1 Å². The van der Waals surface area contributed by atoms with Gasteiger partial charge in [0.2, 0.25) is 0 Å². The first-order chi connectivity index (χ1) is 10.2. The molecule has 1 heteroatoms. The van der Waals surface area contributed by atoms with Gasteiger partial charge in [-0.05, 0) is 54.4 Å². The number of benzene rings is 1. The quantitative estimate of drug-likeness (QED) is 0.653. The Kier molecular flexibility index (Phi) is 5.13. The molecule has 0 spiro atoms.